The van der Waals surface area contributed by atoms with Gasteiger partial charge < -0.3 is 0 Å². The van der Waals surface area contributed by atoms with E-state index in [-0.39, 0.29) is 5.92 Å². The first-order valence-electron chi connectivity index (χ1n) is 5.90. The van der Waals surface area contributed by atoms with Crippen molar-refractivity contribution in [3.8, 4) is 0 Å². The van der Waals surface area contributed by atoms with Gasteiger partial charge in [0.25, 0.3) is 0 Å². The highest BCUT2D eigenvalue weighted by atomic mass is 19.1. The molecule has 0 aliphatic heterocycles. The van der Waals surface area contributed by atoms with E-state index >= 15 is 0 Å². The third-order valence-electron chi connectivity index (χ3n) is 3.70. The third kappa shape index (κ3) is 2.26. The Hall–Kier alpha value is -0.140. The van der Waals surface area contributed by atoms with Crippen molar-refractivity contribution in [2.45, 2.75) is 63.7 Å². The maximum absolute atomic E-state index is 13.6. The predicted octanol–water partition coefficient (Wildman–Crippen LogP) is 4.00. The van der Waals surface area contributed by atoms with Gasteiger partial charge in [0.2, 0.25) is 0 Å². The molecule has 2 aliphatic carbocycles. The van der Waals surface area contributed by atoms with E-state index in [0.29, 0.717) is 19.3 Å². The Morgan fingerprint density at radius 1 is 0.929 bits per heavy atom. The lowest BCUT2D eigenvalue weighted by molar-refractivity contribution is 0.143. The van der Waals surface area contributed by atoms with Crippen LogP contribution in [0.25, 0.3) is 0 Å². The lowest BCUT2D eigenvalue weighted by Gasteiger charge is -2.35. The summed E-state index contributed by atoms with van der Waals surface area (Å²) in [7, 11) is 0. The Labute approximate surface area is 85.1 Å². The fourth-order valence-corrected chi connectivity index (χ4v) is 2.92. The quantitative estimate of drug-likeness (QED) is 0.601. The van der Waals surface area contributed by atoms with Crippen LogP contribution < -0.4 is 0 Å². The van der Waals surface area contributed by atoms with Crippen molar-refractivity contribution >= 4 is 0 Å². The first-order valence-corrected chi connectivity index (χ1v) is 5.90. The highest BCUT2D eigenvalue weighted by molar-refractivity contribution is 5.04. The zero-order chi connectivity index (χ0) is 9.97. The predicted molar refractivity (Wildman–Crippen MR) is 53.5 cm³/mol. The number of rotatable bonds is 1. The highest BCUT2D eigenvalue weighted by Crippen LogP contribution is 2.41. The molecular formula is C12H19F2. The first kappa shape index (κ1) is 10.4. The van der Waals surface area contributed by atoms with Gasteiger partial charge in [0, 0.05) is 0 Å². The molecule has 0 N–H and O–H groups in total. The van der Waals surface area contributed by atoms with Crippen molar-refractivity contribution in [1.29, 1.82) is 0 Å². The monoisotopic (exact) mass is 201 g/mol. The van der Waals surface area contributed by atoms with Crippen LogP contribution >= 0.6 is 0 Å². The smallest absolute Gasteiger partial charge is 0.103 e. The summed E-state index contributed by atoms with van der Waals surface area (Å²) in [6.07, 6.45) is 5.59. The normalized spacial score (nSPS) is 41.1. The molecule has 0 nitrogen and oxygen atoms in total. The van der Waals surface area contributed by atoms with Gasteiger partial charge >= 0.3 is 0 Å². The summed E-state index contributed by atoms with van der Waals surface area (Å²) in [5, 5.41) is 0. The second-order valence-corrected chi connectivity index (χ2v) is 4.76. The Bertz CT molecular complexity index is 181. The SMILES string of the molecule is FC1CCC[C](C2CCCCC2F)C1. The first-order chi connectivity index (χ1) is 6.77. The summed E-state index contributed by atoms with van der Waals surface area (Å²) in [5.41, 5.74) is 0. The van der Waals surface area contributed by atoms with E-state index in [4.69, 9.17) is 0 Å². The molecule has 2 rings (SSSR count). The van der Waals surface area contributed by atoms with Crippen LogP contribution in [0, 0.1) is 11.8 Å². The van der Waals surface area contributed by atoms with E-state index in [1.807, 2.05) is 0 Å². The number of alkyl halides is 2. The molecule has 1 radical (unpaired) electrons. The number of hydrogen-bond acceptors (Lipinski definition) is 0. The average molecular weight is 201 g/mol. The van der Waals surface area contributed by atoms with Crippen molar-refractivity contribution in [3.63, 3.8) is 0 Å². The Kier molecular flexibility index (Phi) is 3.40. The molecule has 0 amide bonds. The molecule has 81 valence electrons. The van der Waals surface area contributed by atoms with Crippen molar-refractivity contribution < 1.29 is 8.78 Å². The fourth-order valence-electron chi connectivity index (χ4n) is 2.92. The van der Waals surface area contributed by atoms with Gasteiger partial charge in [-0.3, -0.25) is 0 Å². The van der Waals surface area contributed by atoms with E-state index in [1.165, 1.54) is 5.92 Å². The van der Waals surface area contributed by atoms with Gasteiger partial charge in [0.05, 0.1) is 0 Å². The molecule has 0 aromatic rings. The maximum Gasteiger partial charge on any atom is 0.103 e. The minimum Gasteiger partial charge on any atom is -0.247 e. The topological polar surface area (TPSA) is 0 Å². The minimum atomic E-state index is -0.687. The van der Waals surface area contributed by atoms with Gasteiger partial charge in [-0.1, -0.05) is 12.8 Å². The van der Waals surface area contributed by atoms with Gasteiger partial charge in [0.15, 0.2) is 0 Å². The van der Waals surface area contributed by atoms with Crippen molar-refractivity contribution in [1.82, 2.24) is 0 Å². The summed E-state index contributed by atoms with van der Waals surface area (Å²) < 4.78 is 26.8. The van der Waals surface area contributed by atoms with E-state index in [2.05, 4.69) is 0 Å². The molecular weight excluding hydrogens is 182 g/mol. The molecule has 2 aliphatic rings. The van der Waals surface area contributed by atoms with Crippen LogP contribution in [0.2, 0.25) is 0 Å². The Morgan fingerprint density at radius 3 is 2.43 bits per heavy atom. The summed E-state index contributed by atoms with van der Waals surface area (Å²) in [4.78, 5) is 0. The Morgan fingerprint density at radius 2 is 1.71 bits per heavy atom. The van der Waals surface area contributed by atoms with E-state index in [9.17, 15) is 8.78 Å². The van der Waals surface area contributed by atoms with E-state index in [1.54, 1.807) is 0 Å². The molecule has 0 saturated heterocycles. The van der Waals surface area contributed by atoms with E-state index in [0.717, 1.165) is 32.1 Å². The molecule has 0 spiro atoms. The lowest BCUT2D eigenvalue weighted by Crippen LogP contribution is -2.30. The standard InChI is InChI=1S/C12H19F2/c13-10-5-3-4-9(8-10)11-6-1-2-7-12(11)14/h10-12H,1-8H2. The van der Waals surface area contributed by atoms with Crippen LogP contribution in [0.1, 0.15) is 51.4 Å². The van der Waals surface area contributed by atoms with Crippen LogP contribution in [0.4, 0.5) is 8.78 Å². The summed E-state index contributed by atoms with van der Waals surface area (Å²) in [5.74, 6) is 1.29. The summed E-state index contributed by atoms with van der Waals surface area (Å²) in [6.45, 7) is 0. The molecule has 2 saturated carbocycles. The van der Waals surface area contributed by atoms with Gasteiger partial charge in [-0.05, 0) is 50.4 Å². The van der Waals surface area contributed by atoms with Crippen molar-refractivity contribution in [3.05, 3.63) is 5.92 Å². The summed E-state index contributed by atoms with van der Waals surface area (Å²) in [6, 6.07) is 0. The largest absolute Gasteiger partial charge is 0.247 e. The molecule has 0 aromatic carbocycles. The average Bonchev–Trinajstić information content (AvgIpc) is 2.18. The van der Waals surface area contributed by atoms with Gasteiger partial charge in [-0.25, -0.2) is 8.78 Å². The molecule has 3 unspecified atom stereocenters. The molecule has 14 heavy (non-hydrogen) atoms. The zero-order valence-electron chi connectivity index (χ0n) is 8.64. The minimum absolute atomic E-state index is 0.0994. The van der Waals surface area contributed by atoms with Gasteiger partial charge in [-0.15, -0.1) is 0 Å². The molecule has 0 bridgehead atoms. The van der Waals surface area contributed by atoms with Crippen LogP contribution in [-0.4, -0.2) is 12.3 Å². The van der Waals surface area contributed by atoms with Crippen LogP contribution in [0.5, 0.6) is 0 Å². The Balaban J connectivity index is 1.91. The summed E-state index contributed by atoms with van der Waals surface area (Å²) >= 11 is 0. The van der Waals surface area contributed by atoms with Crippen LogP contribution in [0.15, 0.2) is 0 Å². The van der Waals surface area contributed by atoms with Crippen molar-refractivity contribution in [2.75, 3.05) is 0 Å². The second kappa shape index (κ2) is 4.59. The van der Waals surface area contributed by atoms with Gasteiger partial charge in [0.1, 0.15) is 12.3 Å². The highest BCUT2D eigenvalue weighted by Gasteiger charge is 2.35. The lowest BCUT2D eigenvalue weighted by atomic mass is 9.72. The molecule has 3 atom stereocenters. The maximum atomic E-state index is 13.6. The number of hydrogen-bond donors (Lipinski definition) is 0. The molecule has 0 heterocycles. The number of halogens is 2. The molecule has 2 fully saturated rings. The van der Waals surface area contributed by atoms with Crippen LogP contribution in [0.3, 0.4) is 0 Å². The van der Waals surface area contributed by atoms with E-state index < -0.39 is 12.3 Å². The van der Waals surface area contributed by atoms with Crippen molar-refractivity contribution in [2.24, 2.45) is 5.92 Å². The fraction of sp³-hybridized carbons (Fsp3) is 0.917. The third-order valence-corrected chi connectivity index (χ3v) is 3.70. The zero-order valence-corrected chi connectivity index (χ0v) is 8.64. The van der Waals surface area contributed by atoms with Crippen LogP contribution in [-0.2, 0) is 0 Å². The second-order valence-electron chi connectivity index (χ2n) is 4.76. The van der Waals surface area contributed by atoms with Gasteiger partial charge in [-0.2, -0.15) is 0 Å². The molecule has 2 heteroatoms. The molecule has 0 aromatic heterocycles.